The van der Waals surface area contributed by atoms with Gasteiger partial charge in [0.1, 0.15) is 0 Å². The molecule has 1 N–H and O–H groups in total. The predicted octanol–water partition coefficient (Wildman–Crippen LogP) is 3.18. The van der Waals surface area contributed by atoms with Gasteiger partial charge in [-0.25, -0.2) is 4.21 Å². The summed E-state index contributed by atoms with van der Waals surface area (Å²) >= 11 is 1.40. The first kappa shape index (κ1) is 9.83. The zero-order valence-corrected chi connectivity index (χ0v) is 9.51. The normalized spacial score (nSPS) is 13.0. The second-order valence-corrected chi connectivity index (χ2v) is 4.72. The molecule has 1 atom stereocenters. The molecule has 0 aromatic heterocycles. The third kappa shape index (κ3) is 1.73. The zero-order valence-electron chi connectivity index (χ0n) is 7.11. The van der Waals surface area contributed by atoms with Crippen molar-refractivity contribution in [3.63, 3.8) is 0 Å². The van der Waals surface area contributed by atoms with E-state index in [1.54, 1.807) is 12.1 Å². The Hall–Kier alpha value is -0.710. The molecule has 14 heavy (non-hydrogen) atoms. The Kier molecular flexibility index (Phi) is 2.67. The van der Waals surface area contributed by atoms with Crippen molar-refractivity contribution in [3.8, 4) is 0 Å². The van der Waals surface area contributed by atoms with Gasteiger partial charge in [0.05, 0.1) is 4.90 Å². The molecule has 1 unspecified atom stereocenters. The molecule has 0 amide bonds. The number of benzene rings is 2. The molecular formula is C10H7BrO2S. The standard InChI is InChI=1S/C10H7BrO2S/c11-8-5-4-7-2-1-3-10(14(12)13)9(7)6-8/h1-6H,(H,12,13). The van der Waals surface area contributed by atoms with Crippen LogP contribution in [-0.2, 0) is 11.1 Å². The Labute approximate surface area is 92.4 Å². The highest BCUT2D eigenvalue weighted by molar-refractivity contribution is 9.10. The number of rotatable bonds is 1. The minimum atomic E-state index is -1.93. The first-order valence-corrected chi connectivity index (χ1v) is 5.87. The molecule has 0 saturated heterocycles. The average molecular weight is 271 g/mol. The van der Waals surface area contributed by atoms with Crippen molar-refractivity contribution in [2.75, 3.05) is 0 Å². The van der Waals surface area contributed by atoms with Gasteiger partial charge in [-0.15, -0.1) is 0 Å². The molecule has 0 fully saturated rings. The van der Waals surface area contributed by atoms with Crippen LogP contribution in [0.25, 0.3) is 10.8 Å². The lowest BCUT2D eigenvalue weighted by atomic mass is 10.1. The van der Waals surface area contributed by atoms with E-state index in [0.717, 1.165) is 15.2 Å². The van der Waals surface area contributed by atoms with E-state index in [4.69, 9.17) is 4.55 Å². The molecule has 0 heterocycles. The summed E-state index contributed by atoms with van der Waals surface area (Å²) in [5, 5.41) is 1.77. The molecule has 0 aliphatic heterocycles. The lowest BCUT2D eigenvalue weighted by Gasteiger charge is -2.02. The number of halogens is 1. The second-order valence-electron chi connectivity index (χ2n) is 2.87. The molecule has 0 saturated carbocycles. The van der Waals surface area contributed by atoms with Crippen molar-refractivity contribution in [1.29, 1.82) is 0 Å². The van der Waals surface area contributed by atoms with Crippen LogP contribution in [0.15, 0.2) is 45.8 Å². The summed E-state index contributed by atoms with van der Waals surface area (Å²) in [5.74, 6) is 0. The van der Waals surface area contributed by atoms with Crippen molar-refractivity contribution < 1.29 is 8.76 Å². The van der Waals surface area contributed by atoms with Crippen LogP contribution in [0.2, 0.25) is 0 Å². The fourth-order valence-corrected chi connectivity index (χ4v) is 2.29. The van der Waals surface area contributed by atoms with Crippen molar-refractivity contribution in [1.82, 2.24) is 0 Å². The molecule has 0 spiro atoms. The maximum atomic E-state index is 11.0. The van der Waals surface area contributed by atoms with Crippen LogP contribution >= 0.6 is 15.9 Å². The van der Waals surface area contributed by atoms with Gasteiger partial charge in [-0.2, -0.15) is 0 Å². The monoisotopic (exact) mass is 270 g/mol. The van der Waals surface area contributed by atoms with Gasteiger partial charge < -0.3 is 4.55 Å². The van der Waals surface area contributed by atoms with E-state index in [2.05, 4.69) is 15.9 Å². The molecular weight excluding hydrogens is 264 g/mol. The predicted molar refractivity (Wildman–Crippen MR) is 60.7 cm³/mol. The van der Waals surface area contributed by atoms with E-state index in [-0.39, 0.29) is 0 Å². The van der Waals surface area contributed by atoms with Gasteiger partial charge in [0.25, 0.3) is 0 Å². The lowest BCUT2D eigenvalue weighted by molar-refractivity contribution is 0.565. The fraction of sp³-hybridized carbons (Fsp3) is 0. The van der Waals surface area contributed by atoms with E-state index in [1.165, 1.54) is 0 Å². The Morgan fingerprint density at radius 2 is 2.00 bits per heavy atom. The Balaban J connectivity index is 2.84. The molecule has 2 rings (SSSR count). The van der Waals surface area contributed by atoms with E-state index in [9.17, 15) is 4.21 Å². The van der Waals surface area contributed by atoms with Gasteiger partial charge in [-0.1, -0.05) is 34.1 Å². The molecule has 0 radical (unpaired) electrons. The molecule has 4 heteroatoms. The second kappa shape index (κ2) is 3.81. The molecule has 0 aliphatic carbocycles. The van der Waals surface area contributed by atoms with Crippen molar-refractivity contribution in [2.45, 2.75) is 4.90 Å². The molecule has 2 aromatic rings. The van der Waals surface area contributed by atoms with E-state index in [1.807, 2.05) is 24.3 Å². The van der Waals surface area contributed by atoms with E-state index >= 15 is 0 Å². The van der Waals surface area contributed by atoms with E-state index in [0.29, 0.717) is 4.90 Å². The maximum Gasteiger partial charge on any atom is 0.187 e. The Bertz CT molecular complexity index is 510. The summed E-state index contributed by atoms with van der Waals surface area (Å²) in [6, 6.07) is 11.0. The Morgan fingerprint density at radius 1 is 1.21 bits per heavy atom. The van der Waals surface area contributed by atoms with Crippen molar-refractivity contribution >= 4 is 37.8 Å². The van der Waals surface area contributed by atoms with Gasteiger partial charge in [0, 0.05) is 9.86 Å². The average Bonchev–Trinajstić information content (AvgIpc) is 2.16. The van der Waals surface area contributed by atoms with Gasteiger partial charge in [0.15, 0.2) is 11.1 Å². The third-order valence-electron chi connectivity index (χ3n) is 1.99. The van der Waals surface area contributed by atoms with Crippen LogP contribution in [-0.4, -0.2) is 8.76 Å². The number of hydrogen-bond acceptors (Lipinski definition) is 1. The van der Waals surface area contributed by atoms with Gasteiger partial charge in [0.2, 0.25) is 0 Å². The molecule has 0 aliphatic rings. The summed E-state index contributed by atoms with van der Waals surface area (Å²) in [4.78, 5) is 0.448. The summed E-state index contributed by atoms with van der Waals surface area (Å²) in [7, 11) is 0. The SMILES string of the molecule is O=S(O)c1cccc2ccc(Br)cc12. The van der Waals surface area contributed by atoms with Crippen LogP contribution in [0.5, 0.6) is 0 Å². The quantitative estimate of drug-likeness (QED) is 0.809. The number of fused-ring (bicyclic) bond motifs is 1. The fourth-order valence-electron chi connectivity index (χ4n) is 1.37. The van der Waals surface area contributed by atoms with Crippen molar-refractivity contribution in [2.24, 2.45) is 0 Å². The molecule has 2 aromatic carbocycles. The third-order valence-corrected chi connectivity index (χ3v) is 3.22. The minimum Gasteiger partial charge on any atom is -0.302 e. The van der Waals surface area contributed by atoms with Gasteiger partial charge in [-0.05, 0) is 23.6 Å². The summed E-state index contributed by atoms with van der Waals surface area (Å²) in [6.45, 7) is 0. The lowest BCUT2D eigenvalue weighted by Crippen LogP contribution is -1.89. The van der Waals surface area contributed by atoms with E-state index < -0.39 is 11.1 Å². The van der Waals surface area contributed by atoms with Gasteiger partial charge >= 0.3 is 0 Å². The molecule has 0 bridgehead atoms. The van der Waals surface area contributed by atoms with Gasteiger partial charge in [-0.3, -0.25) is 0 Å². The molecule has 72 valence electrons. The summed E-state index contributed by atoms with van der Waals surface area (Å²) in [6.07, 6.45) is 0. The summed E-state index contributed by atoms with van der Waals surface area (Å²) < 4.78 is 21.0. The van der Waals surface area contributed by atoms with Crippen LogP contribution in [0.4, 0.5) is 0 Å². The highest BCUT2D eigenvalue weighted by Crippen LogP contribution is 2.24. The van der Waals surface area contributed by atoms with Crippen molar-refractivity contribution in [3.05, 3.63) is 40.9 Å². The van der Waals surface area contributed by atoms with Crippen LogP contribution in [0.1, 0.15) is 0 Å². The van der Waals surface area contributed by atoms with Crippen LogP contribution in [0, 0.1) is 0 Å². The maximum absolute atomic E-state index is 11.0. The highest BCUT2D eigenvalue weighted by atomic mass is 79.9. The van der Waals surface area contributed by atoms with Crippen LogP contribution in [0.3, 0.4) is 0 Å². The summed E-state index contributed by atoms with van der Waals surface area (Å²) in [5.41, 5.74) is 0. The zero-order chi connectivity index (χ0) is 10.1. The van der Waals surface area contributed by atoms with Crippen LogP contribution < -0.4 is 0 Å². The highest BCUT2D eigenvalue weighted by Gasteiger charge is 2.05. The smallest absolute Gasteiger partial charge is 0.187 e. The topological polar surface area (TPSA) is 37.3 Å². The number of hydrogen-bond donors (Lipinski definition) is 1. The minimum absolute atomic E-state index is 0.448. The first-order chi connectivity index (χ1) is 6.68. The first-order valence-electron chi connectivity index (χ1n) is 3.97. The Morgan fingerprint density at radius 3 is 2.71 bits per heavy atom. The largest absolute Gasteiger partial charge is 0.302 e. The molecule has 2 nitrogen and oxygen atoms in total.